The lowest BCUT2D eigenvalue weighted by Gasteiger charge is -2.34. The number of likely N-dealkylation sites (tertiary alicyclic amines) is 1. The van der Waals surface area contributed by atoms with Gasteiger partial charge in [-0.1, -0.05) is 6.07 Å². The van der Waals surface area contributed by atoms with Crippen LogP contribution in [0, 0.1) is 6.92 Å². The molecule has 0 radical (unpaired) electrons. The van der Waals surface area contributed by atoms with Gasteiger partial charge in [0.2, 0.25) is 0 Å². The molecule has 1 saturated heterocycles. The van der Waals surface area contributed by atoms with Crippen molar-refractivity contribution in [3.8, 4) is 0 Å². The van der Waals surface area contributed by atoms with Crippen LogP contribution in [0.25, 0.3) is 0 Å². The molecule has 4 nitrogen and oxygen atoms in total. The van der Waals surface area contributed by atoms with E-state index in [4.69, 9.17) is 4.98 Å². The first-order valence-electron chi connectivity index (χ1n) is 8.47. The SMILES string of the molecule is Cc1cnc(C2CC2)n1C1CCCN(Cc2ccccn2)C1. The molecule has 2 aliphatic rings. The summed E-state index contributed by atoms with van der Waals surface area (Å²) in [6, 6.07) is 6.77. The van der Waals surface area contributed by atoms with Crippen molar-refractivity contribution in [1.29, 1.82) is 0 Å². The Balaban J connectivity index is 1.50. The normalized spacial score (nSPS) is 22.9. The van der Waals surface area contributed by atoms with E-state index in [2.05, 4.69) is 39.7 Å². The summed E-state index contributed by atoms with van der Waals surface area (Å²) in [6.07, 6.45) is 9.13. The molecule has 0 aromatic carbocycles. The van der Waals surface area contributed by atoms with E-state index in [9.17, 15) is 0 Å². The van der Waals surface area contributed by atoms with E-state index in [0.717, 1.165) is 19.0 Å². The fourth-order valence-electron chi connectivity index (χ4n) is 3.69. The predicted octanol–water partition coefficient (Wildman–Crippen LogP) is 3.30. The largest absolute Gasteiger partial charge is 0.328 e. The maximum Gasteiger partial charge on any atom is 0.112 e. The van der Waals surface area contributed by atoms with Gasteiger partial charge in [0.1, 0.15) is 5.82 Å². The quantitative estimate of drug-likeness (QED) is 0.868. The van der Waals surface area contributed by atoms with Gasteiger partial charge in [-0.05, 0) is 51.3 Å². The van der Waals surface area contributed by atoms with Gasteiger partial charge in [0.15, 0.2) is 0 Å². The van der Waals surface area contributed by atoms with Crippen molar-refractivity contribution >= 4 is 0 Å². The van der Waals surface area contributed by atoms with Crippen LogP contribution in [0.5, 0.6) is 0 Å². The zero-order valence-electron chi connectivity index (χ0n) is 13.3. The molecule has 1 unspecified atom stereocenters. The van der Waals surface area contributed by atoms with Gasteiger partial charge in [-0.15, -0.1) is 0 Å². The van der Waals surface area contributed by atoms with Crippen molar-refractivity contribution in [3.05, 3.63) is 47.8 Å². The fraction of sp³-hybridized carbons (Fsp3) is 0.556. The summed E-state index contributed by atoms with van der Waals surface area (Å²) in [4.78, 5) is 11.7. The van der Waals surface area contributed by atoms with Crippen LogP contribution in [0.3, 0.4) is 0 Å². The highest BCUT2D eigenvalue weighted by Gasteiger charge is 2.32. The Kier molecular flexibility index (Phi) is 3.70. The molecule has 1 saturated carbocycles. The van der Waals surface area contributed by atoms with Crippen molar-refractivity contribution in [1.82, 2.24) is 19.4 Å². The standard InChI is InChI=1S/C18H24N4/c1-14-11-20-18(15-7-8-15)22(14)17-6-4-10-21(13-17)12-16-5-2-3-9-19-16/h2-3,5,9,11,15,17H,4,6-8,10,12-13H2,1H3. The van der Waals surface area contributed by atoms with Crippen molar-refractivity contribution in [3.63, 3.8) is 0 Å². The number of hydrogen-bond donors (Lipinski definition) is 0. The second-order valence-electron chi connectivity index (χ2n) is 6.75. The van der Waals surface area contributed by atoms with Gasteiger partial charge < -0.3 is 4.57 Å². The summed E-state index contributed by atoms with van der Waals surface area (Å²) >= 11 is 0. The van der Waals surface area contributed by atoms with Crippen LogP contribution in [0.4, 0.5) is 0 Å². The van der Waals surface area contributed by atoms with Gasteiger partial charge in [-0.2, -0.15) is 0 Å². The molecule has 2 aromatic rings. The average Bonchev–Trinajstić information content (AvgIpc) is 3.31. The summed E-state index contributed by atoms with van der Waals surface area (Å²) < 4.78 is 2.53. The van der Waals surface area contributed by atoms with E-state index < -0.39 is 0 Å². The van der Waals surface area contributed by atoms with Gasteiger partial charge in [-0.3, -0.25) is 9.88 Å². The summed E-state index contributed by atoms with van der Waals surface area (Å²) in [5.74, 6) is 2.06. The molecule has 2 aromatic heterocycles. The molecule has 1 aliphatic heterocycles. The Labute approximate surface area is 132 Å². The van der Waals surface area contributed by atoms with Gasteiger partial charge in [0.05, 0.1) is 5.69 Å². The number of nitrogens with zero attached hydrogens (tertiary/aromatic N) is 4. The van der Waals surface area contributed by atoms with Crippen molar-refractivity contribution in [2.24, 2.45) is 0 Å². The average molecular weight is 296 g/mol. The van der Waals surface area contributed by atoms with Gasteiger partial charge in [-0.25, -0.2) is 4.98 Å². The van der Waals surface area contributed by atoms with Crippen LogP contribution >= 0.6 is 0 Å². The molecular weight excluding hydrogens is 272 g/mol. The minimum atomic E-state index is 0.579. The highest BCUT2D eigenvalue weighted by molar-refractivity contribution is 5.15. The van der Waals surface area contributed by atoms with Gasteiger partial charge >= 0.3 is 0 Å². The third-order valence-corrected chi connectivity index (χ3v) is 4.91. The highest BCUT2D eigenvalue weighted by Crippen LogP contribution is 2.41. The van der Waals surface area contributed by atoms with E-state index in [1.54, 1.807) is 0 Å². The summed E-state index contributed by atoms with van der Waals surface area (Å²) in [6.45, 7) is 5.47. The van der Waals surface area contributed by atoms with Gasteiger partial charge in [0, 0.05) is 43.1 Å². The zero-order valence-corrected chi connectivity index (χ0v) is 13.3. The van der Waals surface area contributed by atoms with E-state index in [1.807, 2.05) is 12.3 Å². The third-order valence-electron chi connectivity index (χ3n) is 4.91. The molecule has 4 rings (SSSR count). The van der Waals surface area contributed by atoms with Crippen LogP contribution in [-0.4, -0.2) is 32.5 Å². The second-order valence-corrected chi connectivity index (χ2v) is 6.75. The smallest absolute Gasteiger partial charge is 0.112 e. The maximum absolute atomic E-state index is 4.69. The summed E-state index contributed by atoms with van der Waals surface area (Å²) in [5.41, 5.74) is 2.50. The van der Waals surface area contributed by atoms with Crippen molar-refractivity contribution in [2.75, 3.05) is 13.1 Å². The van der Waals surface area contributed by atoms with E-state index in [0.29, 0.717) is 6.04 Å². The van der Waals surface area contributed by atoms with Crippen LogP contribution in [0.1, 0.15) is 54.9 Å². The van der Waals surface area contributed by atoms with Crippen molar-refractivity contribution < 1.29 is 0 Å². The lowest BCUT2D eigenvalue weighted by atomic mass is 10.0. The number of rotatable bonds is 4. The number of aromatic nitrogens is 3. The highest BCUT2D eigenvalue weighted by atomic mass is 15.2. The number of hydrogen-bond acceptors (Lipinski definition) is 3. The predicted molar refractivity (Wildman–Crippen MR) is 86.7 cm³/mol. The Hall–Kier alpha value is -1.68. The molecule has 0 amide bonds. The van der Waals surface area contributed by atoms with E-state index >= 15 is 0 Å². The number of pyridine rings is 1. The first kappa shape index (κ1) is 13.9. The fourth-order valence-corrected chi connectivity index (χ4v) is 3.69. The minimum Gasteiger partial charge on any atom is -0.328 e. The van der Waals surface area contributed by atoms with Crippen LogP contribution in [0.2, 0.25) is 0 Å². The van der Waals surface area contributed by atoms with Crippen LogP contribution < -0.4 is 0 Å². The molecule has 3 heterocycles. The first-order chi connectivity index (χ1) is 10.8. The molecule has 1 aliphatic carbocycles. The summed E-state index contributed by atoms with van der Waals surface area (Å²) in [5, 5.41) is 0. The Morgan fingerprint density at radius 3 is 2.86 bits per heavy atom. The Bertz CT molecular complexity index is 630. The second kappa shape index (κ2) is 5.84. The lowest BCUT2D eigenvalue weighted by Crippen LogP contribution is -2.37. The van der Waals surface area contributed by atoms with Gasteiger partial charge in [0.25, 0.3) is 0 Å². The van der Waals surface area contributed by atoms with E-state index in [-0.39, 0.29) is 0 Å². The van der Waals surface area contributed by atoms with Crippen LogP contribution in [0.15, 0.2) is 30.6 Å². The monoisotopic (exact) mass is 296 g/mol. The Morgan fingerprint density at radius 1 is 1.18 bits per heavy atom. The molecular formula is C18H24N4. The molecule has 1 atom stereocenters. The number of piperidine rings is 1. The molecule has 2 fully saturated rings. The lowest BCUT2D eigenvalue weighted by molar-refractivity contribution is 0.165. The molecule has 0 spiro atoms. The zero-order chi connectivity index (χ0) is 14.9. The topological polar surface area (TPSA) is 34.0 Å². The minimum absolute atomic E-state index is 0.579. The number of aryl methyl sites for hydroxylation is 1. The van der Waals surface area contributed by atoms with E-state index in [1.165, 1.54) is 49.4 Å². The molecule has 116 valence electrons. The third kappa shape index (κ3) is 2.80. The summed E-state index contributed by atoms with van der Waals surface area (Å²) in [7, 11) is 0. The Morgan fingerprint density at radius 2 is 2.09 bits per heavy atom. The number of imidazole rings is 1. The molecule has 0 bridgehead atoms. The van der Waals surface area contributed by atoms with Crippen molar-refractivity contribution in [2.45, 2.75) is 51.1 Å². The molecule has 22 heavy (non-hydrogen) atoms. The maximum atomic E-state index is 4.69. The first-order valence-corrected chi connectivity index (χ1v) is 8.47. The molecule has 4 heteroatoms. The van der Waals surface area contributed by atoms with Crippen LogP contribution in [-0.2, 0) is 6.54 Å². The molecule has 0 N–H and O–H groups in total.